The largest absolute Gasteiger partial charge is 0.478 e. The van der Waals surface area contributed by atoms with E-state index >= 15 is 0 Å². The van der Waals surface area contributed by atoms with Crippen LogP contribution in [0.2, 0.25) is 0 Å². The fraction of sp³-hybridized carbons (Fsp3) is 0.500. The molecular weight excluding hydrogens is 218 g/mol. The van der Waals surface area contributed by atoms with Crippen molar-refractivity contribution in [3.05, 3.63) is 17.8 Å². The molecule has 94 valence electrons. The smallest absolute Gasteiger partial charge is 0.339 e. The lowest BCUT2D eigenvalue weighted by molar-refractivity contribution is 0.0697. The molecule has 1 atom stereocenters. The Balaban J connectivity index is 3.03. The molecule has 1 unspecified atom stereocenters. The molecule has 5 nitrogen and oxygen atoms in total. The number of carboxylic acid groups (broad SMARTS) is 1. The Morgan fingerprint density at radius 2 is 2.12 bits per heavy atom. The van der Waals surface area contributed by atoms with Crippen molar-refractivity contribution in [1.29, 1.82) is 0 Å². The average molecular weight is 237 g/mol. The van der Waals surface area contributed by atoms with E-state index in [2.05, 4.69) is 31.1 Å². The van der Waals surface area contributed by atoms with Crippen LogP contribution in [0.25, 0.3) is 0 Å². The monoisotopic (exact) mass is 237 g/mol. The number of rotatable bonds is 3. The van der Waals surface area contributed by atoms with Gasteiger partial charge in [0, 0.05) is 6.04 Å². The summed E-state index contributed by atoms with van der Waals surface area (Å²) in [6.45, 7) is 8.21. The van der Waals surface area contributed by atoms with Gasteiger partial charge in [0.15, 0.2) is 0 Å². The molecule has 0 spiro atoms. The number of nitrogens with one attached hydrogen (secondary N) is 1. The number of carbonyl (C=O) groups is 1. The van der Waals surface area contributed by atoms with E-state index in [-0.39, 0.29) is 17.0 Å². The van der Waals surface area contributed by atoms with Crippen LogP contribution in [-0.2, 0) is 0 Å². The molecule has 1 heterocycles. The zero-order valence-electron chi connectivity index (χ0n) is 10.6. The van der Waals surface area contributed by atoms with E-state index in [4.69, 9.17) is 10.8 Å². The quantitative estimate of drug-likeness (QED) is 0.750. The molecule has 1 aromatic heterocycles. The van der Waals surface area contributed by atoms with Crippen molar-refractivity contribution in [2.45, 2.75) is 33.7 Å². The number of hydrogen-bond acceptors (Lipinski definition) is 4. The number of pyridine rings is 1. The Labute approximate surface area is 101 Å². The van der Waals surface area contributed by atoms with Crippen molar-refractivity contribution in [3.8, 4) is 0 Å². The van der Waals surface area contributed by atoms with E-state index < -0.39 is 5.97 Å². The normalized spacial score (nSPS) is 13.2. The molecule has 0 amide bonds. The molecule has 0 bridgehead atoms. The fourth-order valence-electron chi connectivity index (χ4n) is 1.18. The van der Waals surface area contributed by atoms with E-state index in [1.54, 1.807) is 0 Å². The van der Waals surface area contributed by atoms with Gasteiger partial charge in [0.1, 0.15) is 11.4 Å². The summed E-state index contributed by atoms with van der Waals surface area (Å²) >= 11 is 0. The summed E-state index contributed by atoms with van der Waals surface area (Å²) in [4.78, 5) is 15.1. The van der Waals surface area contributed by atoms with Crippen molar-refractivity contribution in [2.24, 2.45) is 5.41 Å². The Morgan fingerprint density at radius 3 is 2.59 bits per heavy atom. The minimum Gasteiger partial charge on any atom is -0.478 e. The van der Waals surface area contributed by atoms with E-state index in [9.17, 15) is 4.79 Å². The standard InChI is InChI=1S/C12H19N3O2/c1-7(12(2,3)4)15-10-9(11(16)17)5-8(13)6-14-10/h5-7H,13H2,1-4H3,(H,14,15)(H,16,17). The van der Waals surface area contributed by atoms with Crippen molar-refractivity contribution in [1.82, 2.24) is 4.98 Å². The number of anilines is 2. The topological polar surface area (TPSA) is 88.2 Å². The predicted octanol–water partition coefficient (Wildman–Crippen LogP) is 2.21. The Hall–Kier alpha value is -1.78. The van der Waals surface area contributed by atoms with Crippen molar-refractivity contribution in [3.63, 3.8) is 0 Å². The van der Waals surface area contributed by atoms with Gasteiger partial charge in [0.2, 0.25) is 0 Å². The third-order valence-electron chi connectivity index (χ3n) is 2.79. The number of aromatic nitrogens is 1. The summed E-state index contributed by atoms with van der Waals surface area (Å²) < 4.78 is 0. The maximum atomic E-state index is 11.1. The second kappa shape index (κ2) is 4.61. The van der Waals surface area contributed by atoms with Gasteiger partial charge in [-0.15, -0.1) is 0 Å². The fourth-order valence-corrected chi connectivity index (χ4v) is 1.18. The second-order valence-corrected chi connectivity index (χ2v) is 5.20. The van der Waals surface area contributed by atoms with Gasteiger partial charge in [0.05, 0.1) is 11.9 Å². The highest BCUT2D eigenvalue weighted by atomic mass is 16.4. The second-order valence-electron chi connectivity index (χ2n) is 5.20. The molecule has 0 aliphatic heterocycles. The van der Waals surface area contributed by atoms with Crippen molar-refractivity contribution < 1.29 is 9.90 Å². The van der Waals surface area contributed by atoms with Gasteiger partial charge in [-0.05, 0) is 18.4 Å². The summed E-state index contributed by atoms with van der Waals surface area (Å²) in [6.07, 6.45) is 1.45. The average Bonchev–Trinajstić information content (AvgIpc) is 2.18. The third-order valence-corrected chi connectivity index (χ3v) is 2.79. The maximum Gasteiger partial charge on any atom is 0.339 e. The van der Waals surface area contributed by atoms with Gasteiger partial charge in [-0.1, -0.05) is 20.8 Å². The molecule has 5 heteroatoms. The number of aromatic carboxylic acids is 1. The van der Waals surface area contributed by atoms with Crippen molar-refractivity contribution >= 4 is 17.5 Å². The molecular formula is C12H19N3O2. The third kappa shape index (κ3) is 3.34. The number of nitrogens with two attached hydrogens (primary N) is 1. The highest BCUT2D eigenvalue weighted by Gasteiger charge is 2.22. The van der Waals surface area contributed by atoms with Gasteiger partial charge in [-0.25, -0.2) is 9.78 Å². The van der Waals surface area contributed by atoms with Crippen LogP contribution in [0.4, 0.5) is 11.5 Å². The molecule has 1 aromatic rings. The molecule has 0 aromatic carbocycles. The highest BCUT2D eigenvalue weighted by molar-refractivity contribution is 5.94. The van der Waals surface area contributed by atoms with E-state index in [1.807, 2.05) is 6.92 Å². The molecule has 0 aliphatic carbocycles. The summed E-state index contributed by atoms with van der Waals surface area (Å²) in [5.74, 6) is -0.678. The van der Waals surface area contributed by atoms with Gasteiger partial charge in [-0.3, -0.25) is 0 Å². The maximum absolute atomic E-state index is 11.1. The summed E-state index contributed by atoms with van der Waals surface area (Å²) in [7, 11) is 0. The Morgan fingerprint density at radius 1 is 1.53 bits per heavy atom. The molecule has 0 radical (unpaired) electrons. The molecule has 4 N–H and O–H groups in total. The molecule has 0 saturated carbocycles. The lowest BCUT2D eigenvalue weighted by atomic mass is 9.88. The molecule has 0 fully saturated rings. The molecule has 0 aliphatic rings. The summed E-state index contributed by atoms with van der Waals surface area (Å²) in [5.41, 5.74) is 5.98. The Bertz CT molecular complexity index is 424. The lowest BCUT2D eigenvalue weighted by Gasteiger charge is -2.29. The number of carboxylic acids is 1. The van der Waals surface area contributed by atoms with E-state index in [0.717, 1.165) is 0 Å². The van der Waals surface area contributed by atoms with Crippen LogP contribution >= 0.6 is 0 Å². The minimum absolute atomic E-state index is 0.0127. The first kappa shape index (κ1) is 13.3. The van der Waals surface area contributed by atoms with Crippen LogP contribution in [0, 0.1) is 5.41 Å². The number of nitrogens with zero attached hydrogens (tertiary/aromatic N) is 1. The predicted molar refractivity (Wildman–Crippen MR) is 68.1 cm³/mol. The first-order valence-electron chi connectivity index (χ1n) is 5.47. The van der Waals surface area contributed by atoms with E-state index in [0.29, 0.717) is 11.5 Å². The first-order valence-corrected chi connectivity index (χ1v) is 5.47. The lowest BCUT2D eigenvalue weighted by Crippen LogP contribution is -2.31. The number of hydrogen-bond donors (Lipinski definition) is 3. The van der Waals surface area contributed by atoms with Crippen LogP contribution in [0.3, 0.4) is 0 Å². The van der Waals surface area contributed by atoms with Crippen LogP contribution in [-0.4, -0.2) is 22.1 Å². The summed E-state index contributed by atoms with van der Waals surface area (Å²) in [6, 6.07) is 1.50. The molecule has 1 rings (SSSR count). The molecule has 17 heavy (non-hydrogen) atoms. The SMILES string of the molecule is CC(Nc1ncc(N)cc1C(=O)O)C(C)(C)C. The van der Waals surface area contributed by atoms with Gasteiger partial charge >= 0.3 is 5.97 Å². The minimum atomic E-state index is -1.03. The number of nitrogen functional groups attached to an aromatic ring is 1. The van der Waals surface area contributed by atoms with Crippen LogP contribution in [0.15, 0.2) is 12.3 Å². The van der Waals surface area contributed by atoms with Gasteiger partial charge < -0.3 is 16.2 Å². The van der Waals surface area contributed by atoms with Crippen LogP contribution in [0.1, 0.15) is 38.1 Å². The molecule has 0 saturated heterocycles. The zero-order valence-corrected chi connectivity index (χ0v) is 10.6. The first-order chi connectivity index (χ1) is 7.71. The van der Waals surface area contributed by atoms with Crippen molar-refractivity contribution in [2.75, 3.05) is 11.1 Å². The van der Waals surface area contributed by atoms with E-state index in [1.165, 1.54) is 12.3 Å². The van der Waals surface area contributed by atoms with Crippen LogP contribution in [0.5, 0.6) is 0 Å². The summed E-state index contributed by atoms with van der Waals surface area (Å²) in [5, 5.41) is 12.2. The van der Waals surface area contributed by atoms with Crippen LogP contribution < -0.4 is 11.1 Å². The van der Waals surface area contributed by atoms with Gasteiger partial charge in [0.25, 0.3) is 0 Å². The Kier molecular flexibility index (Phi) is 3.60. The zero-order chi connectivity index (χ0) is 13.2. The highest BCUT2D eigenvalue weighted by Crippen LogP contribution is 2.24. The van der Waals surface area contributed by atoms with Gasteiger partial charge in [-0.2, -0.15) is 0 Å².